The van der Waals surface area contributed by atoms with Gasteiger partial charge in [-0.2, -0.15) is 13.2 Å². The van der Waals surface area contributed by atoms with Gasteiger partial charge >= 0.3 is 6.18 Å². The minimum absolute atomic E-state index is 0. The third-order valence-corrected chi connectivity index (χ3v) is 1.66. The van der Waals surface area contributed by atoms with Gasteiger partial charge in [-0.3, -0.25) is 0 Å². The minimum atomic E-state index is -4.89. The fraction of sp³-hybridized carbons (Fsp3) is 0.250. The highest BCUT2D eigenvalue weighted by molar-refractivity contribution is 5.85. The molecule has 0 atom stereocenters. The molecule has 1 nitrogen and oxygen atoms in total. The Balaban J connectivity index is 0.00000196. The van der Waals surface area contributed by atoms with E-state index in [9.17, 15) is 22.0 Å². The number of hydrogen-bond acceptors (Lipinski definition) is 1. The second-order valence-corrected chi connectivity index (χ2v) is 2.63. The average Bonchev–Trinajstić information content (AvgIpc) is 2.06. The summed E-state index contributed by atoms with van der Waals surface area (Å²) in [5.41, 5.74) is 3.09. The van der Waals surface area contributed by atoms with Gasteiger partial charge in [-0.1, -0.05) is 0 Å². The first-order valence-electron chi connectivity index (χ1n) is 3.61. The molecule has 0 aromatic heterocycles. The fourth-order valence-electron chi connectivity index (χ4n) is 0.962. The van der Waals surface area contributed by atoms with Crippen molar-refractivity contribution in [2.24, 2.45) is 5.73 Å². The van der Waals surface area contributed by atoms with E-state index in [4.69, 9.17) is 5.73 Å². The summed E-state index contributed by atoms with van der Waals surface area (Å²) in [6.07, 6.45) is -4.89. The van der Waals surface area contributed by atoms with Crippen molar-refractivity contribution in [2.45, 2.75) is 12.7 Å². The highest BCUT2D eigenvalue weighted by Gasteiger charge is 2.34. The molecule has 2 N–H and O–H groups in total. The Bertz CT molecular complexity index is 350. The summed E-state index contributed by atoms with van der Waals surface area (Å²) in [6, 6.07) is 0.565. The highest BCUT2D eigenvalue weighted by Crippen LogP contribution is 2.32. The van der Waals surface area contributed by atoms with E-state index in [-0.39, 0.29) is 30.6 Å². The van der Waals surface area contributed by atoms with Gasteiger partial charge < -0.3 is 5.73 Å². The van der Waals surface area contributed by atoms with Crippen LogP contribution in [0.1, 0.15) is 11.1 Å². The maximum absolute atomic E-state index is 12.8. The van der Waals surface area contributed by atoms with Gasteiger partial charge in [0.15, 0.2) is 0 Å². The Hall–Kier alpha value is -0.880. The van der Waals surface area contributed by atoms with E-state index in [2.05, 4.69) is 0 Å². The van der Waals surface area contributed by atoms with Crippen molar-refractivity contribution in [1.82, 2.24) is 0 Å². The number of hydrogen-bond donors (Lipinski definition) is 1. The van der Waals surface area contributed by atoms with Gasteiger partial charge in [-0.15, -0.1) is 12.4 Å². The third-order valence-electron chi connectivity index (χ3n) is 1.66. The molecule has 0 heterocycles. The van der Waals surface area contributed by atoms with Crippen molar-refractivity contribution < 1.29 is 22.0 Å². The Morgan fingerprint density at radius 3 is 2.00 bits per heavy atom. The Kier molecular flexibility index (Phi) is 4.48. The number of nitrogens with two attached hydrogens (primary N) is 1. The maximum atomic E-state index is 12.8. The average molecular weight is 248 g/mol. The lowest BCUT2D eigenvalue weighted by molar-refractivity contribution is -0.140. The topological polar surface area (TPSA) is 26.0 Å². The van der Waals surface area contributed by atoms with E-state index >= 15 is 0 Å². The van der Waals surface area contributed by atoms with E-state index in [0.717, 1.165) is 0 Å². The van der Waals surface area contributed by atoms with Gasteiger partial charge in [0.25, 0.3) is 0 Å². The highest BCUT2D eigenvalue weighted by atomic mass is 35.5. The molecule has 1 aromatic carbocycles. The molecular weight excluding hydrogens is 241 g/mol. The lowest BCUT2D eigenvalue weighted by atomic mass is 10.1. The molecule has 1 rings (SSSR count). The van der Waals surface area contributed by atoms with Crippen molar-refractivity contribution in [3.63, 3.8) is 0 Å². The normalized spacial score (nSPS) is 11.1. The molecule has 0 fully saturated rings. The van der Waals surface area contributed by atoms with Crippen molar-refractivity contribution in [3.05, 3.63) is 34.9 Å². The van der Waals surface area contributed by atoms with Gasteiger partial charge in [0.05, 0.1) is 5.56 Å². The van der Waals surface area contributed by atoms with Gasteiger partial charge in [-0.05, 0) is 12.1 Å². The first kappa shape index (κ1) is 14.1. The maximum Gasteiger partial charge on any atom is 0.419 e. The molecule has 0 spiro atoms. The third kappa shape index (κ3) is 3.04. The van der Waals surface area contributed by atoms with Crippen LogP contribution in [0.15, 0.2) is 12.1 Å². The zero-order chi connectivity index (χ0) is 10.9. The molecule has 7 heteroatoms. The van der Waals surface area contributed by atoms with Gasteiger partial charge in [0.1, 0.15) is 11.6 Å². The van der Waals surface area contributed by atoms with E-state index in [1.165, 1.54) is 0 Å². The first-order chi connectivity index (χ1) is 6.36. The van der Waals surface area contributed by atoms with E-state index < -0.39 is 23.4 Å². The molecule has 0 aliphatic carbocycles. The van der Waals surface area contributed by atoms with Crippen molar-refractivity contribution in [1.29, 1.82) is 0 Å². The summed E-state index contributed by atoms with van der Waals surface area (Å²) in [5.74, 6) is -2.67. The number of rotatable bonds is 1. The van der Waals surface area contributed by atoms with E-state index in [0.29, 0.717) is 6.07 Å². The molecule has 86 valence electrons. The standard InChI is InChI=1S/C8H6F5N.ClH/c9-6-2-5(8(11,12)13)7(10)1-4(6)3-14;/h1-2H,3,14H2;1H. The van der Waals surface area contributed by atoms with Crippen molar-refractivity contribution >= 4 is 12.4 Å². The molecule has 15 heavy (non-hydrogen) atoms. The van der Waals surface area contributed by atoms with Crippen LogP contribution in [-0.4, -0.2) is 0 Å². The molecular formula is C8H7ClF5N. The van der Waals surface area contributed by atoms with Crippen LogP contribution in [0.3, 0.4) is 0 Å². The van der Waals surface area contributed by atoms with Crippen LogP contribution in [0.4, 0.5) is 22.0 Å². The lowest BCUT2D eigenvalue weighted by Gasteiger charge is -2.09. The number of alkyl halides is 3. The number of halogens is 6. The van der Waals surface area contributed by atoms with Crippen LogP contribution in [-0.2, 0) is 12.7 Å². The quantitative estimate of drug-likeness (QED) is 0.759. The largest absolute Gasteiger partial charge is 0.419 e. The van der Waals surface area contributed by atoms with Crippen LogP contribution in [0.2, 0.25) is 0 Å². The van der Waals surface area contributed by atoms with E-state index in [1.54, 1.807) is 0 Å². The van der Waals surface area contributed by atoms with Crippen molar-refractivity contribution in [3.8, 4) is 0 Å². The molecule has 0 bridgehead atoms. The molecule has 0 saturated heterocycles. The second-order valence-electron chi connectivity index (χ2n) is 2.63. The Morgan fingerprint density at radius 1 is 1.07 bits per heavy atom. The van der Waals surface area contributed by atoms with Crippen LogP contribution in [0.5, 0.6) is 0 Å². The first-order valence-corrected chi connectivity index (χ1v) is 3.61. The summed E-state index contributed by atoms with van der Waals surface area (Å²) in [6.45, 7) is -0.346. The summed E-state index contributed by atoms with van der Waals surface area (Å²) < 4.78 is 61.7. The minimum Gasteiger partial charge on any atom is -0.326 e. The van der Waals surface area contributed by atoms with Crippen LogP contribution >= 0.6 is 12.4 Å². The lowest BCUT2D eigenvalue weighted by Crippen LogP contribution is -2.11. The smallest absolute Gasteiger partial charge is 0.326 e. The zero-order valence-corrected chi connectivity index (χ0v) is 8.05. The predicted molar refractivity (Wildman–Crippen MR) is 46.5 cm³/mol. The van der Waals surface area contributed by atoms with Gasteiger partial charge in [-0.25, -0.2) is 8.78 Å². The summed E-state index contributed by atoms with van der Waals surface area (Å²) in [5, 5.41) is 0. The van der Waals surface area contributed by atoms with Gasteiger partial charge in [0, 0.05) is 12.1 Å². The monoisotopic (exact) mass is 247 g/mol. The van der Waals surface area contributed by atoms with E-state index in [1.807, 2.05) is 0 Å². The van der Waals surface area contributed by atoms with Gasteiger partial charge in [0.2, 0.25) is 0 Å². The van der Waals surface area contributed by atoms with Crippen molar-refractivity contribution in [2.75, 3.05) is 0 Å². The Morgan fingerprint density at radius 2 is 1.60 bits per heavy atom. The van der Waals surface area contributed by atoms with Crippen LogP contribution < -0.4 is 5.73 Å². The molecule has 0 saturated carbocycles. The molecule has 0 aliphatic heterocycles. The summed E-state index contributed by atoms with van der Waals surface area (Å²) in [7, 11) is 0. The molecule has 0 amide bonds. The predicted octanol–water partition coefficient (Wildman–Crippen LogP) is 2.86. The molecule has 0 radical (unpaired) electrons. The SMILES string of the molecule is Cl.NCc1cc(F)c(C(F)(F)F)cc1F. The number of benzene rings is 1. The summed E-state index contributed by atoms with van der Waals surface area (Å²) >= 11 is 0. The second kappa shape index (κ2) is 4.76. The fourth-order valence-corrected chi connectivity index (χ4v) is 0.962. The molecule has 0 aliphatic rings. The molecule has 1 aromatic rings. The molecule has 0 unspecified atom stereocenters. The Labute approximate surface area is 88.5 Å². The summed E-state index contributed by atoms with van der Waals surface area (Å²) in [4.78, 5) is 0. The van der Waals surface area contributed by atoms with Crippen LogP contribution in [0, 0.1) is 11.6 Å². The van der Waals surface area contributed by atoms with Crippen LogP contribution in [0.25, 0.3) is 0 Å². The zero-order valence-electron chi connectivity index (χ0n) is 7.24.